The van der Waals surface area contributed by atoms with Crippen molar-refractivity contribution in [3.05, 3.63) is 71.8 Å². The highest BCUT2D eigenvalue weighted by atomic mass is 16.7. The number of carbonyl (C=O) groups is 2. The summed E-state index contributed by atoms with van der Waals surface area (Å²) < 4.78 is 10.6. The van der Waals surface area contributed by atoms with Crippen LogP contribution in [0.1, 0.15) is 18.1 Å². The topological polar surface area (TPSA) is 76.1 Å². The van der Waals surface area contributed by atoms with E-state index in [9.17, 15) is 14.7 Å². The Bertz CT molecular complexity index is 862. The molecule has 0 spiro atoms. The summed E-state index contributed by atoms with van der Waals surface area (Å²) in [6, 6.07) is 13.8. The standard InChI is InChI=1S/C21H21NO5/c1-14(10-17-8-9-18-19(11-17)27-13-26-18)20(23)22(15(2)21(24)25)12-16-6-4-3-5-7-16/h3-9,11,15H,1,10,12-13H2,2H3,(H,24,25)/t15-/m0/s1. The van der Waals surface area contributed by atoms with E-state index in [2.05, 4.69) is 6.58 Å². The normalized spacial score (nSPS) is 13.1. The van der Waals surface area contributed by atoms with Crippen LogP contribution in [0.4, 0.5) is 0 Å². The van der Waals surface area contributed by atoms with Crippen LogP contribution < -0.4 is 9.47 Å². The molecular formula is C21H21NO5. The van der Waals surface area contributed by atoms with Crippen molar-refractivity contribution in [1.29, 1.82) is 0 Å². The molecule has 1 heterocycles. The van der Waals surface area contributed by atoms with Crippen LogP contribution in [0.15, 0.2) is 60.7 Å². The molecule has 1 aliphatic heterocycles. The third-order valence-electron chi connectivity index (χ3n) is 4.44. The van der Waals surface area contributed by atoms with E-state index in [0.717, 1.165) is 11.1 Å². The molecule has 0 radical (unpaired) electrons. The highest BCUT2D eigenvalue weighted by Gasteiger charge is 2.27. The molecule has 1 N–H and O–H groups in total. The largest absolute Gasteiger partial charge is 0.480 e. The summed E-state index contributed by atoms with van der Waals surface area (Å²) in [5.41, 5.74) is 2.02. The minimum atomic E-state index is -1.06. The molecule has 6 heteroatoms. The number of hydrogen-bond donors (Lipinski definition) is 1. The lowest BCUT2D eigenvalue weighted by Gasteiger charge is -2.27. The van der Waals surface area contributed by atoms with Gasteiger partial charge in [0.2, 0.25) is 6.79 Å². The zero-order chi connectivity index (χ0) is 19.4. The van der Waals surface area contributed by atoms with Gasteiger partial charge in [-0.05, 0) is 30.2 Å². The van der Waals surface area contributed by atoms with Crippen molar-refractivity contribution in [1.82, 2.24) is 4.90 Å². The maximum Gasteiger partial charge on any atom is 0.326 e. The summed E-state index contributed by atoms with van der Waals surface area (Å²) in [5.74, 6) is -0.143. The zero-order valence-corrected chi connectivity index (χ0v) is 15.1. The van der Waals surface area contributed by atoms with Crippen LogP contribution in [-0.2, 0) is 22.6 Å². The van der Waals surface area contributed by atoms with Crippen LogP contribution in [0.5, 0.6) is 11.5 Å². The molecule has 2 aromatic rings. The summed E-state index contributed by atoms with van der Waals surface area (Å²) in [4.78, 5) is 25.8. The number of rotatable bonds is 7. The summed E-state index contributed by atoms with van der Waals surface area (Å²) >= 11 is 0. The van der Waals surface area contributed by atoms with Crippen LogP contribution in [-0.4, -0.2) is 34.7 Å². The fourth-order valence-electron chi connectivity index (χ4n) is 2.87. The van der Waals surface area contributed by atoms with E-state index in [4.69, 9.17) is 9.47 Å². The number of amides is 1. The lowest BCUT2D eigenvalue weighted by Crippen LogP contribution is -2.43. The molecule has 140 valence electrons. The first-order chi connectivity index (χ1) is 13.0. The maximum atomic E-state index is 12.9. The Labute approximate surface area is 157 Å². The number of carboxylic acids is 1. The van der Waals surface area contributed by atoms with Crippen LogP contribution in [0.25, 0.3) is 0 Å². The van der Waals surface area contributed by atoms with Crippen molar-refractivity contribution in [3.63, 3.8) is 0 Å². The summed E-state index contributed by atoms with van der Waals surface area (Å²) in [5, 5.41) is 9.40. The highest BCUT2D eigenvalue weighted by molar-refractivity contribution is 5.95. The van der Waals surface area contributed by atoms with Gasteiger partial charge in [-0.2, -0.15) is 0 Å². The lowest BCUT2D eigenvalue weighted by atomic mass is 10.0. The molecule has 6 nitrogen and oxygen atoms in total. The van der Waals surface area contributed by atoms with Crippen LogP contribution in [0, 0.1) is 0 Å². The fourth-order valence-corrected chi connectivity index (χ4v) is 2.87. The number of fused-ring (bicyclic) bond motifs is 1. The maximum absolute atomic E-state index is 12.9. The van der Waals surface area contributed by atoms with E-state index < -0.39 is 12.0 Å². The van der Waals surface area contributed by atoms with Gasteiger partial charge < -0.3 is 19.5 Å². The molecule has 0 saturated heterocycles. The number of carbonyl (C=O) groups excluding carboxylic acids is 1. The van der Waals surface area contributed by atoms with E-state index in [1.807, 2.05) is 42.5 Å². The molecule has 0 aromatic heterocycles. The van der Waals surface area contributed by atoms with Gasteiger partial charge >= 0.3 is 5.97 Å². The van der Waals surface area contributed by atoms with Crippen molar-refractivity contribution < 1.29 is 24.2 Å². The second-order valence-electron chi connectivity index (χ2n) is 6.40. The number of nitrogens with zero attached hydrogens (tertiary/aromatic N) is 1. The number of carboxylic acid groups (broad SMARTS) is 1. The Hall–Kier alpha value is -3.28. The molecule has 27 heavy (non-hydrogen) atoms. The third kappa shape index (κ3) is 4.28. The second-order valence-corrected chi connectivity index (χ2v) is 6.40. The van der Waals surface area contributed by atoms with Gasteiger partial charge in [0.15, 0.2) is 11.5 Å². The monoisotopic (exact) mass is 367 g/mol. The second kappa shape index (κ2) is 7.95. The molecule has 0 fully saturated rings. The number of ether oxygens (including phenoxy) is 2. The smallest absolute Gasteiger partial charge is 0.326 e. The molecule has 0 saturated carbocycles. The Balaban J connectivity index is 1.76. The van der Waals surface area contributed by atoms with E-state index in [1.165, 1.54) is 11.8 Å². The predicted molar refractivity (Wildman–Crippen MR) is 99.5 cm³/mol. The van der Waals surface area contributed by atoms with Gasteiger partial charge in [0.25, 0.3) is 5.91 Å². The van der Waals surface area contributed by atoms with Gasteiger partial charge in [-0.3, -0.25) is 4.79 Å². The number of aliphatic carboxylic acids is 1. The first-order valence-electron chi connectivity index (χ1n) is 8.59. The van der Waals surface area contributed by atoms with Crippen molar-refractivity contribution in [2.45, 2.75) is 25.9 Å². The van der Waals surface area contributed by atoms with E-state index in [0.29, 0.717) is 23.5 Å². The molecule has 0 unspecified atom stereocenters. The highest BCUT2D eigenvalue weighted by Crippen LogP contribution is 2.33. The van der Waals surface area contributed by atoms with Crippen molar-refractivity contribution >= 4 is 11.9 Å². The molecule has 2 aromatic carbocycles. The van der Waals surface area contributed by atoms with Crippen LogP contribution >= 0.6 is 0 Å². The molecule has 3 rings (SSSR count). The van der Waals surface area contributed by atoms with Crippen molar-refractivity contribution in [2.75, 3.05) is 6.79 Å². The molecular weight excluding hydrogens is 346 g/mol. The van der Waals surface area contributed by atoms with E-state index in [1.54, 1.807) is 6.07 Å². The predicted octanol–water partition coefficient (Wildman–Crippen LogP) is 3.02. The minimum absolute atomic E-state index is 0.180. The Morgan fingerprint density at radius 2 is 1.81 bits per heavy atom. The quantitative estimate of drug-likeness (QED) is 0.762. The van der Waals surface area contributed by atoms with E-state index >= 15 is 0 Å². The minimum Gasteiger partial charge on any atom is -0.480 e. The molecule has 1 amide bonds. The SMILES string of the molecule is C=C(Cc1ccc2c(c1)OCO2)C(=O)N(Cc1ccccc1)[C@@H](C)C(=O)O. The first kappa shape index (κ1) is 18.5. The van der Waals surface area contributed by atoms with Crippen molar-refractivity contribution in [2.24, 2.45) is 0 Å². The average Bonchev–Trinajstić information content (AvgIpc) is 3.13. The Morgan fingerprint density at radius 1 is 1.11 bits per heavy atom. The van der Waals surface area contributed by atoms with Gasteiger partial charge in [0, 0.05) is 18.5 Å². The molecule has 1 atom stereocenters. The van der Waals surface area contributed by atoms with Crippen LogP contribution in [0.3, 0.4) is 0 Å². The van der Waals surface area contributed by atoms with Gasteiger partial charge in [-0.15, -0.1) is 0 Å². The van der Waals surface area contributed by atoms with Crippen molar-refractivity contribution in [3.8, 4) is 11.5 Å². The summed E-state index contributed by atoms with van der Waals surface area (Å²) in [6.07, 6.45) is 0.299. The number of benzene rings is 2. The van der Waals surface area contributed by atoms with Gasteiger partial charge in [0.05, 0.1) is 0 Å². The molecule has 1 aliphatic rings. The zero-order valence-electron chi connectivity index (χ0n) is 15.1. The Morgan fingerprint density at radius 3 is 2.52 bits per heavy atom. The van der Waals surface area contributed by atoms with E-state index in [-0.39, 0.29) is 19.2 Å². The van der Waals surface area contributed by atoms with Gasteiger partial charge in [-0.1, -0.05) is 43.0 Å². The van der Waals surface area contributed by atoms with Gasteiger partial charge in [0.1, 0.15) is 6.04 Å². The first-order valence-corrected chi connectivity index (χ1v) is 8.59. The number of hydrogen-bond acceptors (Lipinski definition) is 4. The fraction of sp³-hybridized carbons (Fsp3) is 0.238. The molecule has 0 bridgehead atoms. The third-order valence-corrected chi connectivity index (χ3v) is 4.44. The average molecular weight is 367 g/mol. The lowest BCUT2D eigenvalue weighted by molar-refractivity contribution is -0.148. The van der Waals surface area contributed by atoms with Gasteiger partial charge in [-0.25, -0.2) is 4.79 Å². The van der Waals surface area contributed by atoms with Crippen LogP contribution in [0.2, 0.25) is 0 Å². The Kier molecular flexibility index (Phi) is 5.45. The summed E-state index contributed by atoms with van der Waals surface area (Å²) in [7, 11) is 0. The summed E-state index contributed by atoms with van der Waals surface area (Å²) in [6.45, 7) is 5.77. The molecule has 0 aliphatic carbocycles.